The first-order valence-electron chi connectivity index (χ1n) is 6.84. The standard InChI is InChI=1S/C16H17N3S/c1-2-18-14(12-6-5-9-17-11-12)10-16-19-13-7-3-4-8-15(13)20-16/h3-9,11,14,18H,2,10H2,1H3. The largest absolute Gasteiger partial charge is 0.310 e. The van der Waals surface area contributed by atoms with E-state index < -0.39 is 0 Å². The van der Waals surface area contributed by atoms with Gasteiger partial charge in [0.05, 0.1) is 15.2 Å². The highest BCUT2D eigenvalue weighted by Crippen LogP contribution is 2.25. The van der Waals surface area contributed by atoms with Gasteiger partial charge in [-0.1, -0.05) is 25.1 Å². The summed E-state index contributed by atoms with van der Waals surface area (Å²) in [6.07, 6.45) is 4.64. The third-order valence-electron chi connectivity index (χ3n) is 3.25. The number of hydrogen-bond donors (Lipinski definition) is 1. The van der Waals surface area contributed by atoms with Crippen molar-refractivity contribution in [2.75, 3.05) is 6.54 Å². The van der Waals surface area contributed by atoms with Gasteiger partial charge in [0.2, 0.25) is 0 Å². The van der Waals surface area contributed by atoms with Crippen LogP contribution in [0.2, 0.25) is 0 Å². The molecule has 1 unspecified atom stereocenters. The Bertz CT molecular complexity index is 645. The zero-order chi connectivity index (χ0) is 13.8. The molecule has 0 bridgehead atoms. The lowest BCUT2D eigenvalue weighted by atomic mass is 10.1. The molecule has 0 saturated heterocycles. The normalized spacial score (nSPS) is 12.7. The van der Waals surface area contributed by atoms with Gasteiger partial charge >= 0.3 is 0 Å². The van der Waals surface area contributed by atoms with Crippen molar-refractivity contribution in [3.63, 3.8) is 0 Å². The molecule has 102 valence electrons. The van der Waals surface area contributed by atoms with Gasteiger partial charge in [-0.3, -0.25) is 4.98 Å². The summed E-state index contributed by atoms with van der Waals surface area (Å²) in [7, 11) is 0. The van der Waals surface area contributed by atoms with Crippen LogP contribution in [0.25, 0.3) is 10.2 Å². The number of nitrogens with one attached hydrogen (secondary N) is 1. The quantitative estimate of drug-likeness (QED) is 0.777. The van der Waals surface area contributed by atoms with Crippen LogP contribution >= 0.6 is 11.3 Å². The first-order chi connectivity index (χ1) is 9.86. The van der Waals surface area contributed by atoms with Crippen LogP contribution in [0.4, 0.5) is 0 Å². The summed E-state index contributed by atoms with van der Waals surface area (Å²) < 4.78 is 1.25. The molecule has 4 heteroatoms. The van der Waals surface area contributed by atoms with Gasteiger partial charge in [0, 0.05) is 24.9 Å². The minimum Gasteiger partial charge on any atom is -0.310 e. The van der Waals surface area contributed by atoms with E-state index in [1.54, 1.807) is 11.3 Å². The number of para-hydroxylation sites is 1. The summed E-state index contributed by atoms with van der Waals surface area (Å²) in [6.45, 7) is 3.06. The van der Waals surface area contributed by atoms with Gasteiger partial charge < -0.3 is 5.32 Å². The highest BCUT2D eigenvalue weighted by molar-refractivity contribution is 7.18. The van der Waals surface area contributed by atoms with Gasteiger partial charge in [0.15, 0.2) is 0 Å². The van der Waals surface area contributed by atoms with Gasteiger partial charge in [0.25, 0.3) is 0 Å². The SMILES string of the molecule is CCNC(Cc1nc2ccccc2s1)c1cccnc1. The lowest BCUT2D eigenvalue weighted by molar-refractivity contribution is 0.547. The van der Waals surface area contributed by atoms with E-state index in [-0.39, 0.29) is 6.04 Å². The fraction of sp³-hybridized carbons (Fsp3) is 0.250. The lowest BCUT2D eigenvalue weighted by Crippen LogP contribution is -2.23. The molecular formula is C16H17N3S. The van der Waals surface area contributed by atoms with Crippen molar-refractivity contribution in [3.8, 4) is 0 Å². The van der Waals surface area contributed by atoms with Crippen molar-refractivity contribution < 1.29 is 0 Å². The van der Waals surface area contributed by atoms with E-state index in [0.717, 1.165) is 18.5 Å². The minimum absolute atomic E-state index is 0.272. The molecule has 0 aliphatic carbocycles. The van der Waals surface area contributed by atoms with E-state index in [4.69, 9.17) is 4.98 Å². The molecule has 2 heterocycles. The van der Waals surface area contributed by atoms with Crippen LogP contribution in [-0.2, 0) is 6.42 Å². The molecule has 0 aliphatic rings. The fourth-order valence-corrected chi connectivity index (χ4v) is 3.33. The molecule has 0 amide bonds. The van der Waals surface area contributed by atoms with E-state index in [1.165, 1.54) is 15.3 Å². The van der Waals surface area contributed by atoms with Gasteiger partial charge in [-0.2, -0.15) is 0 Å². The van der Waals surface area contributed by atoms with E-state index in [2.05, 4.69) is 41.5 Å². The number of nitrogens with zero attached hydrogens (tertiary/aromatic N) is 2. The molecule has 1 N–H and O–H groups in total. The molecule has 0 spiro atoms. The van der Waals surface area contributed by atoms with Crippen molar-refractivity contribution in [2.24, 2.45) is 0 Å². The highest BCUT2D eigenvalue weighted by atomic mass is 32.1. The minimum atomic E-state index is 0.272. The Morgan fingerprint density at radius 1 is 1.20 bits per heavy atom. The van der Waals surface area contributed by atoms with Crippen LogP contribution in [0, 0.1) is 0 Å². The average Bonchev–Trinajstić information content (AvgIpc) is 2.90. The Balaban J connectivity index is 1.86. The van der Waals surface area contributed by atoms with Crippen LogP contribution in [0.5, 0.6) is 0 Å². The van der Waals surface area contributed by atoms with Gasteiger partial charge in [-0.05, 0) is 30.3 Å². The topological polar surface area (TPSA) is 37.8 Å². The number of thiazole rings is 1. The Morgan fingerprint density at radius 3 is 2.85 bits per heavy atom. The first kappa shape index (κ1) is 13.2. The number of hydrogen-bond acceptors (Lipinski definition) is 4. The summed E-state index contributed by atoms with van der Waals surface area (Å²) in [4.78, 5) is 8.93. The summed E-state index contributed by atoms with van der Waals surface area (Å²) in [5, 5.41) is 4.69. The molecule has 0 aliphatic heterocycles. The van der Waals surface area contributed by atoms with Crippen molar-refractivity contribution in [1.29, 1.82) is 0 Å². The van der Waals surface area contributed by atoms with E-state index in [0.29, 0.717) is 0 Å². The molecule has 0 saturated carbocycles. The predicted octanol–water partition coefficient (Wildman–Crippen LogP) is 3.58. The number of aromatic nitrogens is 2. The van der Waals surface area contributed by atoms with Gasteiger partial charge in [-0.25, -0.2) is 4.98 Å². The molecule has 0 fully saturated rings. The monoisotopic (exact) mass is 283 g/mol. The van der Waals surface area contributed by atoms with Crippen LogP contribution in [-0.4, -0.2) is 16.5 Å². The molecule has 3 nitrogen and oxygen atoms in total. The van der Waals surface area contributed by atoms with E-state index in [1.807, 2.05) is 24.5 Å². The third-order valence-corrected chi connectivity index (χ3v) is 4.31. The van der Waals surface area contributed by atoms with Crippen molar-refractivity contribution in [2.45, 2.75) is 19.4 Å². The van der Waals surface area contributed by atoms with Crippen molar-refractivity contribution in [3.05, 3.63) is 59.4 Å². The molecule has 2 aromatic heterocycles. The number of fused-ring (bicyclic) bond motifs is 1. The third kappa shape index (κ3) is 2.86. The van der Waals surface area contributed by atoms with Crippen LogP contribution in [0.1, 0.15) is 23.5 Å². The fourth-order valence-electron chi connectivity index (χ4n) is 2.32. The van der Waals surface area contributed by atoms with Crippen LogP contribution in [0.3, 0.4) is 0 Å². The van der Waals surface area contributed by atoms with Crippen LogP contribution in [0.15, 0.2) is 48.8 Å². The molecule has 0 radical (unpaired) electrons. The Morgan fingerprint density at radius 2 is 2.10 bits per heavy atom. The zero-order valence-corrected chi connectivity index (χ0v) is 12.2. The summed E-state index contributed by atoms with van der Waals surface area (Å²) in [5.41, 5.74) is 2.31. The van der Waals surface area contributed by atoms with Crippen molar-refractivity contribution in [1.82, 2.24) is 15.3 Å². The molecular weight excluding hydrogens is 266 g/mol. The molecule has 1 aromatic carbocycles. The first-order valence-corrected chi connectivity index (χ1v) is 7.66. The van der Waals surface area contributed by atoms with E-state index >= 15 is 0 Å². The molecule has 20 heavy (non-hydrogen) atoms. The Labute approximate surface area is 122 Å². The number of benzene rings is 1. The summed E-state index contributed by atoms with van der Waals surface area (Å²) in [6, 6.07) is 12.7. The maximum absolute atomic E-state index is 4.72. The Hall–Kier alpha value is -1.78. The maximum Gasteiger partial charge on any atom is 0.0957 e. The zero-order valence-electron chi connectivity index (χ0n) is 11.4. The summed E-state index contributed by atoms with van der Waals surface area (Å²) in [5.74, 6) is 0. The molecule has 1 atom stereocenters. The van der Waals surface area contributed by atoms with E-state index in [9.17, 15) is 0 Å². The maximum atomic E-state index is 4.72. The second kappa shape index (κ2) is 6.11. The van der Waals surface area contributed by atoms with Gasteiger partial charge in [0.1, 0.15) is 0 Å². The summed E-state index contributed by atoms with van der Waals surface area (Å²) >= 11 is 1.77. The second-order valence-electron chi connectivity index (χ2n) is 4.68. The Kier molecular flexibility index (Phi) is 4.04. The molecule has 3 rings (SSSR count). The van der Waals surface area contributed by atoms with Gasteiger partial charge in [-0.15, -0.1) is 11.3 Å². The van der Waals surface area contributed by atoms with Crippen LogP contribution < -0.4 is 5.32 Å². The second-order valence-corrected chi connectivity index (χ2v) is 5.79. The lowest BCUT2D eigenvalue weighted by Gasteiger charge is -2.16. The predicted molar refractivity (Wildman–Crippen MR) is 84.0 cm³/mol. The van der Waals surface area contributed by atoms with Crippen molar-refractivity contribution >= 4 is 21.6 Å². The molecule has 3 aromatic rings. The number of rotatable bonds is 5. The number of likely N-dealkylation sites (N-methyl/N-ethyl adjacent to an activating group) is 1. The highest BCUT2D eigenvalue weighted by Gasteiger charge is 2.14. The number of pyridine rings is 1. The smallest absolute Gasteiger partial charge is 0.0957 e. The average molecular weight is 283 g/mol.